The minimum Gasteiger partial charge on any atom is -0.365 e. The van der Waals surface area contributed by atoms with Crippen LogP contribution in [0.3, 0.4) is 0 Å². The maximum Gasteiger partial charge on any atom is 0.269 e. The molecule has 0 atom stereocenters. The van der Waals surface area contributed by atoms with Crippen molar-refractivity contribution in [3.8, 4) is 5.69 Å². The van der Waals surface area contributed by atoms with E-state index in [-0.39, 0.29) is 16.5 Å². The van der Waals surface area contributed by atoms with Crippen LogP contribution in [-0.2, 0) is 0 Å². The zero-order valence-electron chi connectivity index (χ0n) is 13.2. The number of aromatic nitrogens is 3. The number of carbonyl (C=O) groups excluding carboxylic acids is 1. The SMILES string of the molecule is CCSc1nc2[nH]c(SC)c(C(N)=O)c2c(=O)n1-c1ccccc1. The van der Waals surface area contributed by atoms with Crippen LogP contribution in [0.15, 0.2) is 45.3 Å². The molecule has 8 heteroatoms. The lowest BCUT2D eigenvalue weighted by atomic mass is 10.2. The number of para-hydroxylation sites is 1. The summed E-state index contributed by atoms with van der Waals surface area (Å²) in [7, 11) is 0. The number of benzene rings is 1. The molecule has 2 heterocycles. The molecule has 0 unspecified atom stereocenters. The van der Waals surface area contributed by atoms with Gasteiger partial charge in [-0.2, -0.15) is 0 Å². The first-order valence-corrected chi connectivity index (χ1v) is 9.50. The maximum absolute atomic E-state index is 13.2. The fraction of sp³-hybridized carbons (Fsp3) is 0.188. The molecule has 0 spiro atoms. The normalized spacial score (nSPS) is 11.1. The third-order valence-corrected chi connectivity index (χ3v) is 5.04. The molecule has 6 nitrogen and oxygen atoms in total. The molecule has 2 aromatic heterocycles. The molecule has 1 aromatic carbocycles. The van der Waals surface area contributed by atoms with Gasteiger partial charge in [0.1, 0.15) is 5.65 Å². The molecule has 0 aliphatic heterocycles. The molecule has 3 aromatic rings. The average Bonchev–Trinajstić information content (AvgIpc) is 2.95. The van der Waals surface area contributed by atoms with E-state index in [0.717, 1.165) is 5.75 Å². The van der Waals surface area contributed by atoms with E-state index in [2.05, 4.69) is 9.97 Å². The van der Waals surface area contributed by atoms with Gasteiger partial charge in [0.15, 0.2) is 5.16 Å². The van der Waals surface area contributed by atoms with Crippen molar-refractivity contribution in [2.24, 2.45) is 5.73 Å². The smallest absolute Gasteiger partial charge is 0.269 e. The third kappa shape index (κ3) is 2.71. The Hall–Kier alpha value is -2.19. The molecule has 3 rings (SSSR count). The van der Waals surface area contributed by atoms with Gasteiger partial charge in [-0.3, -0.25) is 14.2 Å². The summed E-state index contributed by atoms with van der Waals surface area (Å²) in [6.07, 6.45) is 1.81. The predicted octanol–water partition coefficient (Wildman–Crippen LogP) is 2.65. The number of amides is 1. The van der Waals surface area contributed by atoms with Crippen LogP contribution in [0.4, 0.5) is 0 Å². The summed E-state index contributed by atoms with van der Waals surface area (Å²) in [4.78, 5) is 32.6. The van der Waals surface area contributed by atoms with Crippen LogP contribution in [-0.4, -0.2) is 32.5 Å². The topological polar surface area (TPSA) is 93.8 Å². The molecule has 0 saturated carbocycles. The molecule has 1 amide bonds. The second-order valence-corrected chi connectivity index (χ2v) is 6.97. The highest BCUT2D eigenvalue weighted by molar-refractivity contribution is 7.99. The Morgan fingerprint density at radius 3 is 2.62 bits per heavy atom. The number of hydrogen-bond acceptors (Lipinski definition) is 5. The van der Waals surface area contributed by atoms with Gasteiger partial charge < -0.3 is 10.7 Å². The highest BCUT2D eigenvalue weighted by Crippen LogP contribution is 2.28. The Morgan fingerprint density at radius 2 is 2.04 bits per heavy atom. The van der Waals surface area contributed by atoms with Gasteiger partial charge in [0, 0.05) is 0 Å². The Balaban J connectivity index is 2.44. The highest BCUT2D eigenvalue weighted by atomic mass is 32.2. The van der Waals surface area contributed by atoms with Gasteiger partial charge in [0.05, 0.1) is 21.7 Å². The molecule has 0 fully saturated rings. The molecule has 24 heavy (non-hydrogen) atoms. The molecule has 124 valence electrons. The Morgan fingerprint density at radius 1 is 1.33 bits per heavy atom. The van der Waals surface area contributed by atoms with Crippen molar-refractivity contribution in [1.82, 2.24) is 14.5 Å². The molecular formula is C16H16N4O2S2. The zero-order valence-corrected chi connectivity index (χ0v) is 14.8. The first-order valence-electron chi connectivity index (χ1n) is 7.29. The lowest BCUT2D eigenvalue weighted by molar-refractivity contribution is 0.0999. The lowest BCUT2D eigenvalue weighted by Gasteiger charge is -2.11. The van der Waals surface area contributed by atoms with Crippen molar-refractivity contribution < 1.29 is 4.79 Å². The number of carbonyl (C=O) groups is 1. The van der Waals surface area contributed by atoms with Crippen molar-refractivity contribution >= 4 is 40.5 Å². The Labute approximate surface area is 146 Å². The maximum atomic E-state index is 13.2. The first-order chi connectivity index (χ1) is 11.6. The Bertz CT molecular complexity index is 964. The zero-order chi connectivity index (χ0) is 17.3. The molecule has 0 bridgehead atoms. The fourth-order valence-electron chi connectivity index (χ4n) is 2.52. The van der Waals surface area contributed by atoms with Crippen LogP contribution in [0.25, 0.3) is 16.7 Å². The number of aromatic amines is 1. The first kappa shape index (κ1) is 16.7. The van der Waals surface area contributed by atoms with E-state index in [4.69, 9.17) is 5.73 Å². The van der Waals surface area contributed by atoms with E-state index < -0.39 is 5.91 Å². The molecule has 0 aliphatic carbocycles. The highest BCUT2D eigenvalue weighted by Gasteiger charge is 2.23. The van der Waals surface area contributed by atoms with Crippen molar-refractivity contribution in [2.45, 2.75) is 17.1 Å². The molecule has 3 N–H and O–H groups in total. The predicted molar refractivity (Wildman–Crippen MR) is 98.4 cm³/mol. The van der Waals surface area contributed by atoms with Crippen molar-refractivity contribution in [3.05, 3.63) is 46.2 Å². The number of rotatable bonds is 5. The Kier molecular flexibility index (Phi) is 4.68. The van der Waals surface area contributed by atoms with Gasteiger partial charge in [-0.05, 0) is 24.1 Å². The number of nitrogens with two attached hydrogens (primary N) is 1. The van der Waals surface area contributed by atoms with E-state index >= 15 is 0 Å². The van der Waals surface area contributed by atoms with E-state index in [1.807, 2.05) is 43.5 Å². The van der Waals surface area contributed by atoms with E-state index in [1.54, 1.807) is 0 Å². The largest absolute Gasteiger partial charge is 0.365 e. The summed E-state index contributed by atoms with van der Waals surface area (Å²) >= 11 is 2.79. The summed E-state index contributed by atoms with van der Waals surface area (Å²) in [5.74, 6) is 0.129. The summed E-state index contributed by atoms with van der Waals surface area (Å²) in [6.45, 7) is 1.99. The van der Waals surface area contributed by atoms with Crippen molar-refractivity contribution in [1.29, 1.82) is 0 Å². The van der Waals surface area contributed by atoms with Gasteiger partial charge >= 0.3 is 0 Å². The quantitative estimate of drug-likeness (QED) is 0.539. The van der Waals surface area contributed by atoms with Crippen LogP contribution in [0.2, 0.25) is 0 Å². The molecule has 0 radical (unpaired) electrons. The van der Waals surface area contributed by atoms with E-state index in [0.29, 0.717) is 21.5 Å². The van der Waals surface area contributed by atoms with Crippen LogP contribution in [0, 0.1) is 0 Å². The summed E-state index contributed by atoms with van der Waals surface area (Å²) < 4.78 is 1.53. The molecule has 0 saturated heterocycles. The number of primary amides is 1. The van der Waals surface area contributed by atoms with Gasteiger partial charge in [0.2, 0.25) is 0 Å². The fourth-order valence-corrected chi connectivity index (χ4v) is 3.86. The van der Waals surface area contributed by atoms with Crippen molar-refractivity contribution in [2.75, 3.05) is 12.0 Å². The van der Waals surface area contributed by atoms with E-state index in [1.165, 1.54) is 28.1 Å². The third-order valence-electron chi connectivity index (χ3n) is 3.50. The summed E-state index contributed by atoms with van der Waals surface area (Å²) in [6, 6.07) is 9.25. The summed E-state index contributed by atoms with van der Waals surface area (Å²) in [5, 5.41) is 1.36. The van der Waals surface area contributed by atoms with Gasteiger partial charge in [0.25, 0.3) is 11.5 Å². The molecular weight excluding hydrogens is 344 g/mol. The van der Waals surface area contributed by atoms with Crippen LogP contribution in [0.1, 0.15) is 17.3 Å². The summed E-state index contributed by atoms with van der Waals surface area (Å²) in [5.41, 5.74) is 6.50. The number of hydrogen-bond donors (Lipinski definition) is 2. The minimum atomic E-state index is -0.639. The number of thioether (sulfide) groups is 2. The van der Waals surface area contributed by atoms with Gasteiger partial charge in [-0.15, -0.1) is 11.8 Å². The molecule has 0 aliphatic rings. The second kappa shape index (κ2) is 6.74. The standard InChI is InChI=1S/C16H16N4O2S2/c1-3-24-16-19-13-11(10(12(17)21)14(18-13)23-2)15(22)20(16)9-7-5-4-6-8-9/h4-8,18H,3H2,1-2H3,(H2,17,21). The lowest BCUT2D eigenvalue weighted by Crippen LogP contribution is -2.24. The number of fused-ring (bicyclic) bond motifs is 1. The monoisotopic (exact) mass is 360 g/mol. The van der Waals surface area contributed by atoms with Gasteiger partial charge in [-0.25, -0.2) is 4.98 Å². The average molecular weight is 360 g/mol. The number of H-pyrrole nitrogens is 1. The van der Waals surface area contributed by atoms with Crippen molar-refractivity contribution in [3.63, 3.8) is 0 Å². The van der Waals surface area contributed by atoms with E-state index in [9.17, 15) is 9.59 Å². The van der Waals surface area contributed by atoms with Crippen LogP contribution >= 0.6 is 23.5 Å². The minimum absolute atomic E-state index is 0.202. The van der Waals surface area contributed by atoms with Crippen LogP contribution in [0.5, 0.6) is 0 Å². The van der Waals surface area contributed by atoms with Crippen LogP contribution < -0.4 is 11.3 Å². The second-order valence-electron chi connectivity index (χ2n) is 4.92. The van der Waals surface area contributed by atoms with Gasteiger partial charge in [-0.1, -0.05) is 36.9 Å². The number of nitrogens with one attached hydrogen (secondary N) is 1. The number of nitrogens with zero attached hydrogens (tertiary/aromatic N) is 2.